The fourth-order valence-electron chi connectivity index (χ4n) is 3.63. The van der Waals surface area contributed by atoms with Crippen LogP contribution in [0.2, 0.25) is 0 Å². The monoisotopic (exact) mass is 372 g/mol. The van der Waals surface area contributed by atoms with Crippen LogP contribution < -0.4 is 10.6 Å². The molecule has 1 atom stereocenters. The van der Waals surface area contributed by atoms with Crippen molar-refractivity contribution in [3.8, 4) is 6.07 Å². The van der Waals surface area contributed by atoms with Gasteiger partial charge in [-0.05, 0) is 44.7 Å². The summed E-state index contributed by atoms with van der Waals surface area (Å²) < 4.78 is 4.74. The molecule has 148 valence electrons. The molecule has 2 N–H and O–H groups in total. The third-order valence-electron chi connectivity index (χ3n) is 5.46. The molecule has 1 saturated carbocycles. The number of aryl methyl sites for hydroxylation is 1. The number of nitriles is 1. The van der Waals surface area contributed by atoms with E-state index >= 15 is 0 Å². The highest BCUT2D eigenvalue weighted by Crippen LogP contribution is 2.20. The van der Waals surface area contributed by atoms with E-state index in [1.54, 1.807) is 13.0 Å². The Morgan fingerprint density at radius 2 is 2.15 bits per heavy atom. The molecular weight excluding hydrogens is 340 g/mol. The van der Waals surface area contributed by atoms with Crippen molar-refractivity contribution in [2.24, 2.45) is 5.92 Å². The van der Waals surface area contributed by atoms with Gasteiger partial charge in [-0.15, -0.1) is 0 Å². The second-order valence-corrected chi connectivity index (χ2v) is 7.35. The van der Waals surface area contributed by atoms with Crippen LogP contribution in [0, 0.1) is 24.2 Å². The van der Waals surface area contributed by atoms with Gasteiger partial charge in [0.25, 0.3) is 0 Å². The Morgan fingerprint density at radius 1 is 1.41 bits per heavy atom. The van der Waals surface area contributed by atoms with Gasteiger partial charge in [0, 0.05) is 12.6 Å². The minimum absolute atomic E-state index is 0.336. The van der Waals surface area contributed by atoms with Crippen molar-refractivity contribution in [3.63, 3.8) is 0 Å². The van der Waals surface area contributed by atoms with E-state index in [2.05, 4.69) is 28.6 Å². The average Bonchev–Trinajstić information content (AvgIpc) is 2.70. The van der Waals surface area contributed by atoms with E-state index in [4.69, 9.17) is 4.74 Å². The van der Waals surface area contributed by atoms with E-state index in [1.165, 1.54) is 39.2 Å². The van der Waals surface area contributed by atoms with Gasteiger partial charge in [-0.25, -0.2) is 9.78 Å². The number of carbonyl (C=O) groups is 1. The van der Waals surface area contributed by atoms with E-state index in [0.717, 1.165) is 25.9 Å². The fraction of sp³-hybridized carbons (Fsp3) is 0.667. The highest BCUT2D eigenvalue weighted by molar-refractivity contribution is 5.91. The summed E-state index contributed by atoms with van der Waals surface area (Å²) in [6.45, 7) is 5.77. The van der Waals surface area contributed by atoms with Crippen molar-refractivity contribution in [1.29, 1.82) is 5.26 Å². The number of rotatable bonds is 9. The number of anilines is 1. The number of esters is 1. The quantitative estimate of drug-likeness (QED) is 0.641. The van der Waals surface area contributed by atoms with Gasteiger partial charge < -0.3 is 15.4 Å². The van der Waals surface area contributed by atoms with E-state index in [-0.39, 0.29) is 0 Å². The Hall–Kier alpha value is -2.13. The molecule has 27 heavy (non-hydrogen) atoms. The Bertz CT molecular complexity index is 663. The molecule has 0 aromatic carbocycles. The maximum Gasteiger partial charge on any atom is 0.339 e. The van der Waals surface area contributed by atoms with Crippen LogP contribution in [0.3, 0.4) is 0 Å². The van der Waals surface area contributed by atoms with Crippen molar-refractivity contribution in [2.45, 2.75) is 64.8 Å². The molecule has 1 fully saturated rings. The number of methoxy groups -OCH3 is 1. The second-order valence-electron chi connectivity index (χ2n) is 7.35. The summed E-state index contributed by atoms with van der Waals surface area (Å²) in [5.74, 6) is 0.668. The van der Waals surface area contributed by atoms with E-state index in [1.807, 2.05) is 0 Å². The maximum atomic E-state index is 11.8. The third kappa shape index (κ3) is 6.21. The molecule has 1 aliphatic rings. The van der Waals surface area contributed by atoms with Crippen LogP contribution in [0.4, 0.5) is 5.82 Å². The molecule has 0 unspecified atom stereocenters. The lowest BCUT2D eigenvalue weighted by atomic mass is 9.94. The van der Waals surface area contributed by atoms with E-state index < -0.39 is 5.97 Å². The predicted octanol–water partition coefficient (Wildman–Crippen LogP) is 3.80. The van der Waals surface area contributed by atoms with Gasteiger partial charge in [0.15, 0.2) is 0 Å². The molecule has 0 spiro atoms. The zero-order valence-electron chi connectivity index (χ0n) is 16.8. The van der Waals surface area contributed by atoms with E-state index in [9.17, 15) is 10.1 Å². The van der Waals surface area contributed by atoms with Gasteiger partial charge in [-0.2, -0.15) is 5.26 Å². The van der Waals surface area contributed by atoms with Crippen molar-refractivity contribution in [1.82, 2.24) is 10.3 Å². The lowest BCUT2D eigenvalue weighted by Crippen LogP contribution is -2.35. The molecule has 1 aliphatic carbocycles. The summed E-state index contributed by atoms with van der Waals surface area (Å²) in [5, 5.41) is 16.4. The van der Waals surface area contributed by atoms with Crippen LogP contribution in [0.5, 0.6) is 0 Å². The molecule has 0 radical (unpaired) electrons. The molecule has 0 saturated heterocycles. The minimum Gasteiger partial charge on any atom is -0.465 e. The lowest BCUT2D eigenvalue weighted by molar-refractivity contribution is 0.0599. The topological polar surface area (TPSA) is 87.0 Å². The molecule has 1 aromatic rings. The largest absolute Gasteiger partial charge is 0.465 e. The molecule has 0 aliphatic heterocycles. The van der Waals surface area contributed by atoms with Gasteiger partial charge in [-0.3, -0.25) is 0 Å². The van der Waals surface area contributed by atoms with Crippen molar-refractivity contribution < 1.29 is 9.53 Å². The maximum absolute atomic E-state index is 11.8. The normalized spacial score (nSPS) is 15.8. The highest BCUT2D eigenvalue weighted by atomic mass is 16.5. The molecule has 6 heteroatoms. The van der Waals surface area contributed by atoms with Crippen LogP contribution in [-0.4, -0.2) is 37.2 Å². The molecule has 1 aromatic heterocycles. The first-order valence-electron chi connectivity index (χ1n) is 10.1. The minimum atomic E-state index is -0.470. The lowest BCUT2D eigenvalue weighted by Gasteiger charge is -2.25. The molecule has 0 bridgehead atoms. The van der Waals surface area contributed by atoms with Crippen LogP contribution in [0.25, 0.3) is 0 Å². The smallest absolute Gasteiger partial charge is 0.339 e. The number of carbonyl (C=O) groups excluding carboxylic acids is 1. The van der Waals surface area contributed by atoms with Gasteiger partial charge in [0.2, 0.25) is 0 Å². The van der Waals surface area contributed by atoms with Crippen LogP contribution >= 0.6 is 0 Å². The first-order chi connectivity index (χ1) is 13.1. The average molecular weight is 373 g/mol. The molecule has 6 nitrogen and oxygen atoms in total. The summed E-state index contributed by atoms with van der Waals surface area (Å²) in [7, 11) is 1.33. The molecular formula is C21H32N4O2. The predicted molar refractivity (Wildman–Crippen MR) is 107 cm³/mol. The zero-order valence-corrected chi connectivity index (χ0v) is 16.8. The van der Waals surface area contributed by atoms with Crippen LogP contribution in [0.1, 0.15) is 73.5 Å². The number of aromatic nitrogens is 1. The summed E-state index contributed by atoms with van der Waals surface area (Å²) in [6.07, 6.45) is 8.81. The Balaban J connectivity index is 1.88. The number of nitrogens with one attached hydrogen (secondary N) is 2. The van der Waals surface area contributed by atoms with Crippen molar-refractivity contribution in [3.05, 3.63) is 22.9 Å². The number of hydrogen-bond donors (Lipinski definition) is 2. The fourth-order valence-corrected chi connectivity index (χ4v) is 3.63. The zero-order chi connectivity index (χ0) is 19.6. The number of nitrogens with zero attached hydrogens (tertiary/aromatic N) is 2. The Kier molecular flexibility index (Phi) is 8.53. The summed E-state index contributed by atoms with van der Waals surface area (Å²) in [4.78, 5) is 16.2. The highest BCUT2D eigenvalue weighted by Gasteiger charge is 2.17. The number of pyridine rings is 1. The summed E-state index contributed by atoms with van der Waals surface area (Å²) in [5.41, 5.74) is 1.27. The SMILES string of the molecule is CC[C@H](CCNc1nc(C)c(C(=O)OC)cc1C#N)CNC1CCCCC1. The van der Waals surface area contributed by atoms with Crippen LogP contribution in [-0.2, 0) is 4.74 Å². The van der Waals surface area contributed by atoms with E-state index in [0.29, 0.717) is 34.6 Å². The number of hydrogen-bond acceptors (Lipinski definition) is 6. The Labute approximate surface area is 162 Å². The number of ether oxygens (including phenoxy) is 1. The standard InChI is InChI=1S/C21H32N4O2/c1-4-16(14-24-18-8-6-5-7-9-18)10-11-23-20-17(13-22)12-19(15(2)25-20)21(26)27-3/h12,16,18,24H,4-11,14H2,1-3H3,(H,23,25)/t16-/m1/s1. The van der Waals surface area contributed by atoms with Gasteiger partial charge in [0.1, 0.15) is 11.9 Å². The molecule has 1 heterocycles. The third-order valence-corrected chi connectivity index (χ3v) is 5.46. The molecule has 2 rings (SSSR count). The first-order valence-corrected chi connectivity index (χ1v) is 10.1. The summed E-state index contributed by atoms with van der Waals surface area (Å²) in [6, 6.07) is 4.35. The van der Waals surface area contributed by atoms with Gasteiger partial charge in [-0.1, -0.05) is 32.6 Å². The van der Waals surface area contributed by atoms with Crippen molar-refractivity contribution >= 4 is 11.8 Å². The Morgan fingerprint density at radius 3 is 2.78 bits per heavy atom. The van der Waals surface area contributed by atoms with Crippen LogP contribution in [0.15, 0.2) is 6.07 Å². The second kappa shape index (κ2) is 10.9. The summed E-state index contributed by atoms with van der Waals surface area (Å²) >= 11 is 0. The molecule has 0 amide bonds. The van der Waals surface area contributed by atoms with Gasteiger partial charge in [0.05, 0.1) is 23.9 Å². The first kappa shape index (κ1) is 21.2. The van der Waals surface area contributed by atoms with Crippen molar-refractivity contribution in [2.75, 3.05) is 25.5 Å². The van der Waals surface area contributed by atoms with Gasteiger partial charge >= 0.3 is 5.97 Å².